The zero-order valence-electron chi connectivity index (χ0n) is 24.5. The molecule has 5 atom stereocenters. The van der Waals surface area contributed by atoms with Gasteiger partial charge in [-0.25, -0.2) is 4.79 Å². The highest BCUT2D eigenvalue weighted by Crippen LogP contribution is 2.35. The molecule has 9 nitrogen and oxygen atoms in total. The van der Waals surface area contributed by atoms with Crippen LogP contribution in [-0.4, -0.2) is 62.3 Å². The van der Waals surface area contributed by atoms with Gasteiger partial charge in [0.05, 0.1) is 13.2 Å². The number of esters is 1. The summed E-state index contributed by atoms with van der Waals surface area (Å²) in [5.74, 6) is -0.0229. The second-order valence-corrected chi connectivity index (χ2v) is 10.7. The number of carbonyl (C=O) groups excluding carboxylic acids is 1. The Hall–Kier alpha value is -3.37. The molecule has 2 aliphatic rings. The van der Waals surface area contributed by atoms with Gasteiger partial charge in [0.2, 0.25) is 0 Å². The van der Waals surface area contributed by atoms with E-state index in [1.54, 1.807) is 25.3 Å². The van der Waals surface area contributed by atoms with Crippen LogP contribution >= 0.6 is 0 Å². The fraction of sp³-hybridized carbons (Fsp3) is 0.469. The number of hydrogen-bond acceptors (Lipinski definition) is 9. The van der Waals surface area contributed by atoms with Crippen molar-refractivity contribution in [3.8, 4) is 17.2 Å². The Morgan fingerprint density at radius 1 is 1.00 bits per heavy atom. The number of hydrogen-bond donors (Lipinski definition) is 1. The van der Waals surface area contributed by atoms with E-state index in [9.17, 15) is 9.90 Å². The van der Waals surface area contributed by atoms with E-state index in [4.69, 9.17) is 33.2 Å². The van der Waals surface area contributed by atoms with E-state index < -0.39 is 36.2 Å². The highest BCUT2D eigenvalue weighted by atomic mass is 16.8. The first-order valence-electron chi connectivity index (χ1n) is 13.7. The maximum absolute atomic E-state index is 13.6. The van der Waals surface area contributed by atoms with Gasteiger partial charge in [0.25, 0.3) is 0 Å². The van der Waals surface area contributed by atoms with Crippen LogP contribution in [0.4, 0.5) is 0 Å². The summed E-state index contributed by atoms with van der Waals surface area (Å²) in [6, 6.07) is 11.0. The van der Waals surface area contributed by atoms with Crippen LogP contribution in [0.5, 0.6) is 17.2 Å². The minimum atomic E-state index is -0.886. The molecule has 0 spiro atoms. The molecule has 0 saturated carbocycles. The Morgan fingerprint density at radius 2 is 1.76 bits per heavy atom. The molecule has 1 N–H and O–H groups in total. The molecule has 41 heavy (non-hydrogen) atoms. The third kappa shape index (κ3) is 7.89. The van der Waals surface area contributed by atoms with Crippen LogP contribution in [-0.2, 0) is 25.6 Å². The van der Waals surface area contributed by atoms with Gasteiger partial charge in [0.1, 0.15) is 47.7 Å². The second-order valence-electron chi connectivity index (χ2n) is 10.7. The smallest absolute Gasteiger partial charge is 0.342 e. The molecule has 2 heterocycles. The molecule has 2 aromatic carbocycles. The molecule has 2 aromatic rings. The highest BCUT2D eigenvalue weighted by Gasteiger charge is 2.43. The second kappa shape index (κ2) is 13.5. The average molecular weight is 569 g/mol. The summed E-state index contributed by atoms with van der Waals surface area (Å²) in [7, 11) is 3.13. The number of aliphatic hydroxyl groups is 1. The lowest BCUT2D eigenvalue weighted by atomic mass is 9.99. The normalized spacial score (nSPS) is 26.7. The predicted molar refractivity (Wildman–Crippen MR) is 153 cm³/mol. The molecule has 0 aliphatic carbocycles. The summed E-state index contributed by atoms with van der Waals surface area (Å²) in [6.07, 6.45) is 5.31. The quantitative estimate of drug-likeness (QED) is 0.271. The number of ether oxygens (including phenoxy) is 7. The third-order valence-corrected chi connectivity index (χ3v) is 7.08. The number of carbonyl (C=O) groups is 1. The third-order valence-electron chi connectivity index (χ3n) is 7.08. The number of cyclic esters (lactones) is 1. The Labute approximate surface area is 241 Å². The van der Waals surface area contributed by atoms with E-state index in [-0.39, 0.29) is 24.0 Å². The van der Waals surface area contributed by atoms with Crippen molar-refractivity contribution in [1.29, 1.82) is 0 Å². The Morgan fingerprint density at radius 3 is 2.46 bits per heavy atom. The predicted octanol–water partition coefficient (Wildman–Crippen LogP) is 5.29. The van der Waals surface area contributed by atoms with Crippen molar-refractivity contribution in [3.05, 3.63) is 71.3 Å². The fourth-order valence-electron chi connectivity index (χ4n) is 4.72. The van der Waals surface area contributed by atoms with Crippen LogP contribution < -0.4 is 14.2 Å². The summed E-state index contributed by atoms with van der Waals surface area (Å²) >= 11 is 0. The van der Waals surface area contributed by atoms with E-state index >= 15 is 0 Å². The van der Waals surface area contributed by atoms with Crippen molar-refractivity contribution >= 4 is 12.0 Å². The number of fused-ring (bicyclic) bond motifs is 2. The van der Waals surface area contributed by atoms with Crippen LogP contribution in [0, 0.1) is 5.92 Å². The van der Waals surface area contributed by atoms with Crippen molar-refractivity contribution in [2.24, 2.45) is 5.92 Å². The van der Waals surface area contributed by atoms with E-state index in [0.29, 0.717) is 24.3 Å². The minimum Gasteiger partial charge on any atom is -0.497 e. The molecule has 2 aliphatic heterocycles. The molecular weight excluding hydrogens is 528 g/mol. The number of methoxy groups -OCH3 is 2. The van der Waals surface area contributed by atoms with Gasteiger partial charge in [0, 0.05) is 19.1 Å². The van der Waals surface area contributed by atoms with Gasteiger partial charge in [-0.3, -0.25) is 0 Å². The standard InChI is InChI=1S/C32H40O9/c1-20-10-15-26(33)30-27(40-32(3,4)41-30)9-7-8-23-16-25(37-18-22-11-13-24(36-6)14-12-22)17-28(38-19-35-5)29(23)31(34)39-21(20)2/h7-8,10-17,20-21,26-27,30,33H,9,18-19H2,1-6H3/b8-7?,15-10-/t20-,21+,26+,27+,30?/m1/s1. The van der Waals surface area contributed by atoms with Gasteiger partial charge < -0.3 is 38.3 Å². The van der Waals surface area contributed by atoms with Gasteiger partial charge in [-0.05, 0) is 56.5 Å². The first-order valence-corrected chi connectivity index (χ1v) is 13.7. The van der Waals surface area contributed by atoms with E-state index in [1.807, 2.05) is 70.2 Å². The SMILES string of the molecule is COCOc1cc(OCc2ccc(OC)cc2)cc2c1C(=O)O[C@@H](C)[C@H](C)/C=C\[C@H](O)C1OC(C)(C)O[C@H]1CC=C2. The average Bonchev–Trinajstić information content (AvgIpc) is 3.27. The van der Waals surface area contributed by atoms with E-state index in [0.717, 1.165) is 11.3 Å². The molecule has 4 rings (SSSR count). The van der Waals surface area contributed by atoms with Crippen molar-refractivity contribution in [3.63, 3.8) is 0 Å². The van der Waals surface area contributed by atoms with E-state index in [2.05, 4.69) is 0 Å². The van der Waals surface area contributed by atoms with Gasteiger partial charge in [-0.2, -0.15) is 0 Å². The first kappa shape index (κ1) is 30.6. The maximum atomic E-state index is 13.6. The summed E-state index contributed by atoms with van der Waals surface area (Å²) in [5.41, 5.74) is 1.76. The van der Waals surface area contributed by atoms with Crippen molar-refractivity contribution in [1.82, 2.24) is 0 Å². The number of rotatable bonds is 7. The van der Waals surface area contributed by atoms with Gasteiger partial charge in [0.15, 0.2) is 12.6 Å². The van der Waals surface area contributed by atoms with Crippen molar-refractivity contribution in [2.45, 2.75) is 70.9 Å². The summed E-state index contributed by atoms with van der Waals surface area (Å²) < 4.78 is 40.3. The van der Waals surface area contributed by atoms with Crippen LogP contribution in [0.15, 0.2) is 54.6 Å². The molecule has 0 aromatic heterocycles. The molecule has 0 bridgehead atoms. The Bertz CT molecular complexity index is 1230. The van der Waals surface area contributed by atoms with Gasteiger partial charge in [-0.1, -0.05) is 43.4 Å². The molecule has 0 amide bonds. The van der Waals surface area contributed by atoms with Crippen LogP contribution in [0.1, 0.15) is 55.6 Å². The lowest BCUT2D eigenvalue weighted by Gasteiger charge is -2.23. The van der Waals surface area contributed by atoms with Crippen LogP contribution in [0.2, 0.25) is 0 Å². The van der Waals surface area contributed by atoms with Crippen LogP contribution in [0.25, 0.3) is 6.08 Å². The Balaban J connectivity index is 1.71. The summed E-state index contributed by atoms with van der Waals surface area (Å²) in [4.78, 5) is 13.6. The zero-order valence-corrected chi connectivity index (χ0v) is 24.5. The summed E-state index contributed by atoms with van der Waals surface area (Å²) in [5, 5.41) is 10.9. The Kier molecular flexibility index (Phi) is 10.1. The van der Waals surface area contributed by atoms with Gasteiger partial charge >= 0.3 is 5.97 Å². The monoisotopic (exact) mass is 568 g/mol. The topological polar surface area (TPSA) is 102 Å². The molecule has 222 valence electrons. The first-order chi connectivity index (χ1) is 19.6. The number of aliphatic hydroxyl groups excluding tert-OH is 1. The molecule has 1 fully saturated rings. The zero-order chi connectivity index (χ0) is 29.6. The highest BCUT2D eigenvalue weighted by molar-refractivity contribution is 5.97. The minimum absolute atomic E-state index is 0.0675. The lowest BCUT2D eigenvalue weighted by molar-refractivity contribution is -0.152. The van der Waals surface area contributed by atoms with Crippen LogP contribution in [0.3, 0.4) is 0 Å². The number of benzene rings is 2. The van der Waals surface area contributed by atoms with Crippen molar-refractivity contribution in [2.75, 3.05) is 21.0 Å². The van der Waals surface area contributed by atoms with Gasteiger partial charge in [-0.15, -0.1) is 0 Å². The maximum Gasteiger partial charge on any atom is 0.342 e. The molecular formula is C32H40O9. The molecule has 1 unspecified atom stereocenters. The fourth-order valence-corrected chi connectivity index (χ4v) is 4.72. The largest absolute Gasteiger partial charge is 0.497 e. The summed E-state index contributed by atoms with van der Waals surface area (Å²) in [6.45, 7) is 7.61. The molecule has 1 saturated heterocycles. The van der Waals surface area contributed by atoms with Crippen molar-refractivity contribution < 1.29 is 43.1 Å². The molecule has 9 heteroatoms. The van der Waals surface area contributed by atoms with E-state index in [1.165, 1.54) is 7.11 Å². The lowest BCUT2D eigenvalue weighted by Crippen LogP contribution is -2.34. The molecule has 0 radical (unpaired) electrons.